The zero-order valence-corrected chi connectivity index (χ0v) is 10.8. The van der Waals surface area contributed by atoms with Crippen LogP contribution in [-0.4, -0.2) is 15.0 Å². The summed E-state index contributed by atoms with van der Waals surface area (Å²) in [6.45, 7) is 2.29. The minimum Gasteiger partial charge on any atom is -0.245 e. The average Bonchev–Trinajstić information content (AvgIpc) is 2.77. The lowest BCUT2D eigenvalue weighted by molar-refractivity contribution is 0.242. The lowest BCUT2D eigenvalue weighted by Gasteiger charge is -2.29. The van der Waals surface area contributed by atoms with Crippen molar-refractivity contribution in [3.63, 3.8) is 0 Å². The zero-order valence-electron chi connectivity index (χ0n) is 9.19. The van der Waals surface area contributed by atoms with Crippen LogP contribution >= 0.6 is 15.9 Å². The first-order valence-corrected chi connectivity index (χ1v) is 6.92. The molecule has 0 saturated heterocycles. The number of nitrogens with zero attached hydrogens (tertiary/aromatic N) is 3. The number of aromatic nitrogens is 3. The summed E-state index contributed by atoms with van der Waals surface area (Å²) < 4.78 is 2.12. The second kappa shape index (κ2) is 5.10. The molecule has 1 aliphatic rings. The summed E-state index contributed by atoms with van der Waals surface area (Å²) in [6.07, 6.45) is 8.44. The van der Waals surface area contributed by atoms with Crippen molar-refractivity contribution in [3.8, 4) is 0 Å². The van der Waals surface area contributed by atoms with Crippen LogP contribution in [0.4, 0.5) is 0 Å². The van der Waals surface area contributed by atoms with Crippen molar-refractivity contribution in [2.45, 2.75) is 50.4 Å². The molecule has 1 saturated carbocycles. The van der Waals surface area contributed by atoms with Gasteiger partial charge in [-0.1, -0.05) is 47.3 Å². The standard InChI is InChI=1S/C11H18BrN3/c1-2-9-4-3-5-10(6-9)15-11(7-12)8-13-14-15/h8-10H,2-7H2,1H3. The van der Waals surface area contributed by atoms with E-state index in [-0.39, 0.29) is 0 Å². The van der Waals surface area contributed by atoms with Crippen LogP contribution in [0.5, 0.6) is 0 Å². The van der Waals surface area contributed by atoms with Crippen molar-refractivity contribution < 1.29 is 0 Å². The van der Waals surface area contributed by atoms with Gasteiger partial charge in [0.15, 0.2) is 0 Å². The molecule has 84 valence electrons. The van der Waals surface area contributed by atoms with Crippen LogP contribution in [-0.2, 0) is 5.33 Å². The van der Waals surface area contributed by atoms with E-state index in [0.717, 1.165) is 11.2 Å². The van der Waals surface area contributed by atoms with E-state index in [1.165, 1.54) is 37.8 Å². The van der Waals surface area contributed by atoms with E-state index in [9.17, 15) is 0 Å². The fraction of sp³-hybridized carbons (Fsp3) is 0.818. The Morgan fingerprint density at radius 1 is 1.53 bits per heavy atom. The van der Waals surface area contributed by atoms with Crippen molar-refractivity contribution >= 4 is 15.9 Å². The third-order valence-electron chi connectivity index (χ3n) is 3.46. The molecule has 1 aromatic heterocycles. The Morgan fingerprint density at radius 3 is 3.13 bits per heavy atom. The van der Waals surface area contributed by atoms with E-state index in [1.54, 1.807) is 0 Å². The Labute approximate surface area is 99.4 Å². The maximum atomic E-state index is 4.22. The second-order valence-electron chi connectivity index (χ2n) is 4.40. The molecule has 1 aromatic rings. The van der Waals surface area contributed by atoms with E-state index < -0.39 is 0 Å². The first kappa shape index (κ1) is 11.1. The molecule has 1 aliphatic carbocycles. The molecule has 0 radical (unpaired) electrons. The van der Waals surface area contributed by atoms with Gasteiger partial charge in [0.05, 0.1) is 17.9 Å². The van der Waals surface area contributed by atoms with Gasteiger partial charge < -0.3 is 0 Å². The highest BCUT2D eigenvalue weighted by atomic mass is 79.9. The van der Waals surface area contributed by atoms with Crippen molar-refractivity contribution in [3.05, 3.63) is 11.9 Å². The fourth-order valence-electron chi connectivity index (χ4n) is 2.52. The van der Waals surface area contributed by atoms with Crippen molar-refractivity contribution in [2.24, 2.45) is 5.92 Å². The maximum absolute atomic E-state index is 4.22. The highest BCUT2D eigenvalue weighted by molar-refractivity contribution is 9.08. The Balaban J connectivity index is 2.09. The number of hydrogen-bond donors (Lipinski definition) is 0. The highest BCUT2D eigenvalue weighted by Gasteiger charge is 2.23. The Kier molecular flexibility index (Phi) is 3.78. The molecule has 0 bridgehead atoms. The van der Waals surface area contributed by atoms with Crippen molar-refractivity contribution in [1.82, 2.24) is 15.0 Å². The monoisotopic (exact) mass is 271 g/mol. The predicted octanol–water partition coefficient (Wildman–Crippen LogP) is 3.31. The first-order chi connectivity index (χ1) is 7.35. The van der Waals surface area contributed by atoms with Crippen LogP contribution < -0.4 is 0 Å². The van der Waals surface area contributed by atoms with Gasteiger partial charge in [0.1, 0.15) is 0 Å². The van der Waals surface area contributed by atoms with Crippen molar-refractivity contribution in [1.29, 1.82) is 0 Å². The lowest BCUT2D eigenvalue weighted by atomic mass is 9.84. The largest absolute Gasteiger partial charge is 0.245 e. The molecule has 2 unspecified atom stereocenters. The highest BCUT2D eigenvalue weighted by Crippen LogP contribution is 2.34. The molecule has 3 nitrogen and oxygen atoms in total. The molecule has 1 fully saturated rings. The molecule has 2 rings (SSSR count). The van der Waals surface area contributed by atoms with Gasteiger partial charge in [0, 0.05) is 5.33 Å². The van der Waals surface area contributed by atoms with Crippen LogP contribution in [0.15, 0.2) is 6.20 Å². The number of alkyl halides is 1. The van der Waals surface area contributed by atoms with Crippen molar-refractivity contribution in [2.75, 3.05) is 0 Å². The predicted molar refractivity (Wildman–Crippen MR) is 63.9 cm³/mol. The van der Waals surface area contributed by atoms with E-state index >= 15 is 0 Å². The molecule has 2 atom stereocenters. The van der Waals surface area contributed by atoms with Gasteiger partial charge in [0.2, 0.25) is 0 Å². The minimum atomic E-state index is 0.582. The summed E-state index contributed by atoms with van der Waals surface area (Å²) in [7, 11) is 0. The Bertz CT molecular complexity index is 311. The van der Waals surface area contributed by atoms with Gasteiger partial charge in [-0.2, -0.15) is 0 Å². The molecular weight excluding hydrogens is 254 g/mol. The van der Waals surface area contributed by atoms with E-state index in [2.05, 4.69) is 37.8 Å². The summed E-state index contributed by atoms with van der Waals surface area (Å²) >= 11 is 3.49. The Morgan fingerprint density at radius 2 is 2.40 bits per heavy atom. The van der Waals surface area contributed by atoms with Gasteiger partial charge in [-0.05, 0) is 18.8 Å². The van der Waals surface area contributed by atoms with Crippen LogP contribution in [0.1, 0.15) is 50.8 Å². The number of halogens is 1. The SMILES string of the molecule is CCC1CCCC(n2nncc2CBr)C1. The average molecular weight is 272 g/mol. The third-order valence-corrected chi connectivity index (χ3v) is 4.04. The topological polar surface area (TPSA) is 30.7 Å². The molecular formula is C11H18BrN3. The molecule has 0 amide bonds. The van der Waals surface area contributed by atoms with Gasteiger partial charge in [-0.25, -0.2) is 4.68 Å². The molecule has 15 heavy (non-hydrogen) atoms. The number of hydrogen-bond acceptors (Lipinski definition) is 2. The first-order valence-electron chi connectivity index (χ1n) is 5.80. The molecule has 0 N–H and O–H groups in total. The smallest absolute Gasteiger partial charge is 0.0733 e. The van der Waals surface area contributed by atoms with E-state index in [4.69, 9.17) is 0 Å². The fourth-order valence-corrected chi connectivity index (χ4v) is 2.93. The summed E-state index contributed by atoms with van der Waals surface area (Å²) in [4.78, 5) is 0. The number of rotatable bonds is 3. The van der Waals surface area contributed by atoms with Crippen LogP contribution in [0.25, 0.3) is 0 Å². The van der Waals surface area contributed by atoms with Crippen LogP contribution in [0.2, 0.25) is 0 Å². The lowest BCUT2D eigenvalue weighted by Crippen LogP contribution is -2.21. The molecule has 0 aromatic carbocycles. The van der Waals surface area contributed by atoms with E-state index in [1.807, 2.05) is 6.20 Å². The second-order valence-corrected chi connectivity index (χ2v) is 4.96. The van der Waals surface area contributed by atoms with E-state index in [0.29, 0.717) is 6.04 Å². The molecule has 0 spiro atoms. The zero-order chi connectivity index (χ0) is 10.7. The van der Waals surface area contributed by atoms with Gasteiger partial charge in [-0.15, -0.1) is 5.10 Å². The van der Waals surface area contributed by atoms with Crippen LogP contribution in [0.3, 0.4) is 0 Å². The minimum absolute atomic E-state index is 0.582. The quantitative estimate of drug-likeness (QED) is 0.790. The maximum Gasteiger partial charge on any atom is 0.0733 e. The van der Waals surface area contributed by atoms with Gasteiger partial charge >= 0.3 is 0 Å². The normalized spacial score (nSPS) is 26.8. The molecule has 0 aliphatic heterocycles. The third kappa shape index (κ3) is 2.41. The summed E-state index contributed by atoms with van der Waals surface area (Å²) in [6, 6.07) is 0.582. The van der Waals surface area contributed by atoms with Crippen LogP contribution in [0, 0.1) is 5.92 Å². The van der Waals surface area contributed by atoms with Gasteiger partial charge in [-0.3, -0.25) is 0 Å². The Hall–Kier alpha value is -0.380. The summed E-state index contributed by atoms with van der Waals surface area (Å²) in [5.41, 5.74) is 1.21. The summed E-state index contributed by atoms with van der Waals surface area (Å²) in [5.74, 6) is 0.885. The molecule has 1 heterocycles. The van der Waals surface area contributed by atoms with Gasteiger partial charge in [0.25, 0.3) is 0 Å². The summed E-state index contributed by atoms with van der Waals surface area (Å²) in [5, 5.41) is 9.07. The molecule has 4 heteroatoms.